The third-order valence-corrected chi connectivity index (χ3v) is 5.25. The normalized spacial score (nSPS) is 15.5. The van der Waals surface area contributed by atoms with E-state index in [1.54, 1.807) is 5.57 Å². The van der Waals surface area contributed by atoms with Gasteiger partial charge >= 0.3 is 0 Å². The van der Waals surface area contributed by atoms with Gasteiger partial charge < -0.3 is 4.90 Å². The molecule has 1 fully saturated rings. The molecule has 0 atom stereocenters. The van der Waals surface area contributed by atoms with E-state index in [2.05, 4.69) is 74.2 Å². The van der Waals surface area contributed by atoms with Crippen molar-refractivity contribution in [3.05, 3.63) is 76.4 Å². The minimum absolute atomic E-state index is 1.10. The molecule has 0 N–H and O–H groups in total. The van der Waals surface area contributed by atoms with Gasteiger partial charge in [0.05, 0.1) is 0 Å². The molecule has 0 spiro atoms. The number of rotatable bonds is 4. The molecular weight excluding hydrogens is 290 g/mol. The van der Waals surface area contributed by atoms with Gasteiger partial charge in [-0.1, -0.05) is 73.5 Å². The molecule has 24 heavy (non-hydrogen) atoms. The van der Waals surface area contributed by atoms with Crippen molar-refractivity contribution in [2.75, 3.05) is 19.6 Å². The van der Waals surface area contributed by atoms with E-state index in [9.17, 15) is 0 Å². The van der Waals surface area contributed by atoms with Crippen LogP contribution in [0.1, 0.15) is 48.9 Å². The molecule has 2 aromatic carbocycles. The predicted molar refractivity (Wildman–Crippen MR) is 104 cm³/mol. The molecule has 1 heteroatoms. The molecule has 1 heterocycles. The van der Waals surface area contributed by atoms with Crippen LogP contribution in [-0.2, 0) is 6.42 Å². The van der Waals surface area contributed by atoms with E-state index in [1.807, 2.05) is 0 Å². The fraction of sp³-hybridized carbons (Fsp3) is 0.391. The Morgan fingerprint density at radius 3 is 1.88 bits per heavy atom. The molecule has 0 amide bonds. The SMILES string of the molecule is CCc1ccc(C(=C2CCN(CC)CC2)c2ccc(C)cc2)cc1. The summed E-state index contributed by atoms with van der Waals surface area (Å²) in [6, 6.07) is 18.2. The fourth-order valence-corrected chi connectivity index (χ4v) is 3.59. The minimum Gasteiger partial charge on any atom is -0.303 e. The number of piperidine rings is 1. The Balaban J connectivity index is 2.02. The summed E-state index contributed by atoms with van der Waals surface area (Å²) >= 11 is 0. The van der Waals surface area contributed by atoms with Crippen LogP contribution in [0.4, 0.5) is 0 Å². The minimum atomic E-state index is 1.10. The number of hydrogen-bond acceptors (Lipinski definition) is 1. The molecule has 1 nitrogen and oxygen atoms in total. The number of nitrogens with zero attached hydrogens (tertiary/aromatic N) is 1. The zero-order valence-electron chi connectivity index (χ0n) is 15.3. The van der Waals surface area contributed by atoms with Gasteiger partial charge in [-0.05, 0) is 55.0 Å². The molecule has 0 radical (unpaired) electrons. The summed E-state index contributed by atoms with van der Waals surface area (Å²) < 4.78 is 0. The summed E-state index contributed by atoms with van der Waals surface area (Å²) in [6.45, 7) is 10.2. The molecule has 1 aliphatic heterocycles. The molecule has 0 bridgehead atoms. The van der Waals surface area contributed by atoms with Gasteiger partial charge in [0.1, 0.15) is 0 Å². The Hall–Kier alpha value is -1.86. The first-order valence-electron chi connectivity index (χ1n) is 9.32. The second-order valence-electron chi connectivity index (χ2n) is 6.83. The Kier molecular flexibility index (Phi) is 5.52. The predicted octanol–water partition coefficient (Wildman–Crippen LogP) is 5.48. The lowest BCUT2D eigenvalue weighted by molar-refractivity contribution is 0.270. The van der Waals surface area contributed by atoms with Crippen molar-refractivity contribution in [3.8, 4) is 0 Å². The molecule has 126 valence electrons. The fourth-order valence-electron chi connectivity index (χ4n) is 3.59. The first-order chi connectivity index (χ1) is 11.7. The number of hydrogen-bond donors (Lipinski definition) is 0. The van der Waals surface area contributed by atoms with Gasteiger partial charge in [0.15, 0.2) is 0 Å². The van der Waals surface area contributed by atoms with Crippen LogP contribution in [0, 0.1) is 6.92 Å². The van der Waals surface area contributed by atoms with E-state index in [0.29, 0.717) is 0 Å². The van der Waals surface area contributed by atoms with Gasteiger partial charge in [-0.15, -0.1) is 0 Å². The Morgan fingerprint density at radius 2 is 1.38 bits per heavy atom. The van der Waals surface area contributed by atoms with Crippen molar-refractivity contribution < 1.29 is 0 Å². The molecule has 1 saturated heterocycles. The van der Waals surface area contributed by atoms with Crippen molar-refractivity contribution in [2.24, 2.45) is 0 Å². The molecule has 0 unspecified atom stereocenters. The van der Waals surface area contributed by atoms with Gasteiger partial charge in [-0.2, -0.15) is 0 Å². The van der Waals surface area contributed by atoms with Crippen LogP contribution < -0.4 is 0 Å². The maximum Gasteiger partial charge on any atom is 0.00189 e. The first-order valence-corrected chi connectivity index (χ1v) is 9.32. The maximum atomic E-state index is 2.55. The van der Waals surface area contributed by atoms with Crippen LogP contribution in [0.3, 0.4) is 0 Å². The lowest BCUT2D eigenvalue weighted by Gasteiger charge is -2.29. The standard InChI is InChI=1S/C23H29N/c1-4-19-8-12-21(13-9-19)23(20-10-6-18(3)7-11-20)22-14-16-24(5-2)17-15-22/h6-13H,4-5,14-17H2,1-3H3. The quantitative estimate of drug-likeness (QED) is 0.722. The average Bonchev–Trinajstić information content (AvgIpc) is 2.64. The highest BCUT2D eigenvalue weighted by Gasteiger charge is 2.18. The summed E-state index contributed by atoms with van der Waals surface area (Å²) in [4.78, 5) is 2.55. The number of aryl methyl sites for hydroxylation is 2. The molecule has 0 aliphatic carbocycles. The zero-order valence-corrected chi connectivity index (χ0v) is 15.3. The van der Waals surface area contributed by atoms with Crippen LogP contribution in [0.15, 0.2) is 54.1 Å². The lowest BCUT2D eigenvalue weighted by Crippen LogP contribution is -2.30. The van der Waals surface area contributed by atoms with Gasteiger partial charge in [-0.3, -0.25) is 0 Å². The third-order valence-electron chi connectivity index (χ3n) is 5.25. The smallest absolute Gasteiger partial charge is 0.00189 e. The second-order valence-corrected chi connectivity index (χ2v) is 6.83. The van der Waals surface area contributed by atoms with Crippen molar-refractivity contribution >= 4 is 5.57 Å². The van der Waals surface area contributed by atoms with Gasteiger partial charge in [-0.25, -0.2) is 0 Å². The molecule has 0 saturated carbocycles. The monoisotopic (exact) mass is 319 g/mol. The van der Waals surface area contributed by atoms with Crippen LogP contribution >= 0.6 is 0 Å². The first kappa shape index (κ1) is 17.0. The second kappa shape index (κ2) is 7.81. The average molecular weight is 319 g/mol. The third kappa shape index (κ3) is 3.79. The molecule has 1 aliphatic rings. The summed E-state index contributed by atoms with van der Waals surface area (Å²) in [7, 11) is 0. The molecule has 2 aromatic rings. The Morgan fingerprint density at radius 1 is 0.833 bits per heavy atom. The largest absolute Gasteiger partial charge is 0.303 e. The zero-order chi connectivity index (χ0) is 16.9. The van der Waals surface area contributed by atoms with Crippen LogP contribution in [0.25, 0.3) is 5.57 Å². The van der Waals surface area contributed by atoms with Crippen LogP contribution in [0.2, 0.25) is 0 Å². The van der Waals surface area contributed by atoms with E-state index >= 15 is 0 Å². The van der Waals surface area contributed by atoms with Gasteiger partial charge in [0.25, 0.3) is 0 Å². The Bertz CT molecular complexity index is 682. The summed E-state index contributed by atoms with van der Waals surface area (Å²) in [5.41, 5.74) is 8.56. The number of benzene rings is 2. The van der Waals surface area contributed by atoms with Gasteiger partial charge in [0, 0.05) is 13.1 Å². The van der Waals surface area contributed by atoms with Crippen molar-refractivity contribution in [1.29, 1.82) is 0 Å². The molecule has 3 rings (SSSR count). The maximum absolute atomic E-state index is 2.55. The number of likely N-dealkylation sites (tertiary alicyclic amines) is 1. The van der Waals surface area contributed by atoms with E-state index in [4.69, 9.17) is 0 Å². The topological polar surface area (TPSA) is 3.24 Å². The van der Waals surface area contributed by atoms with Crippen molar-refractivity contribution in [3.63, 3.8) is 0 Å². The molecular formula is C23H29N. The highest BCUT2D eigenvalue weighted by Crippen LogP contribution is 2.32. The van der Waals surface area contributed by atoms with E-state index in [-0.39, 0.29) is 0 Å². The summed E-state index contributed by atoms with van der Waals surface area (Å²) in [5, 5.41) is 0. The molecule has 0 aromatic heterocycles. The van der Waals surface area contributed by atoms with Gasteiger partial charge in [0.2, 0.25) is 0 Å². The highest BCUT2D eigenvalue weighted by molar-refractivity contribution is 5.82. The van der Waals surface area contributed by atoms with Crippen LogP contribution in [0.5, 0.6) is 0 Å². The summed E-state index contributed by atoms with van der Waals surface area (Å²) in [5.74, 6) is 0. The van der Waals surface area contributed by atoms with E-state index in [1.165, 1.54) is 60.3 Å². The van der Waals surface area contributed by atoms with E-state index in [0.717, 1.165) is 6.42 Å². The highest BCUT2D eigenvalue weighted by atomic mass is 15.1. The lowest BCUT2D eigenvalue weighted by atomic mass is 9.87. The van der Waals surface area contributed by atoms with Crippen molar-refractivity contribution in [1.82, 2.24) is 4.90 Å². The van der Waals surface area contributed by atoms with E-state index < -0.39 is 0 Å². The Labute approximate surface area is 147 Å². The summed E-state index contributed by atoms with van der Waals surface area (Å²) in [6.07, 6.45) is 3.47. The van der Waals surface area contributed by atoms with Crippen LogP contribution in [-0.4, -0.2) is 24.5 Å². The van der Waals surface area contributed by atoms with Crippen molar-refractivity contribution in [2.45, 2.75) is 40.0 Å².